The van der Waals surface area contributed by atoms with Crippen LogP contribution < -0.4 is 5.32 Å². The second-order valence-electron chi connectivity index (χ2n) is 19.5. The fourth-order valence-corrected chi connectivity index (χ4v) is 9.69. The first-order valence-electron chi connectivity index (χ1n) is 22.6. The van der Waals surface area contributed by atoms with Gasteiger partial charge in [-0.3, -0.25) is 4.79 Å². The van der Waals surface area contributed by atoms with Crippen LogP contribution in [-0.4, -0.2) is 177 Å². The Kier molecular flexibility index (Phi) is 16.8. The zero-order valence-electron chi connectivity index (χ0n) is 39.3. The average Bonchev–Trinajstić information content (AvgIpc) is 3.80. The number of carbonyl (C=O) groups excluding carboxylic acids is 1. The molecule has 1 aromatic rings. The molecule has 6 N–H and O–H groups in total. The molecule has 3 fully saturated rings. The van der Waals surface area contributed by atoms with Crippen molar-refractivity contribution in [3.05, 3.63) is 24.0 Å². The highest BCUT2D eigenvalue weighted by Gasteiger charge is 2.50. The van der Waals surface area contributed by atoms with Gasteiger partial charge in [-0.25, -0.2) is 4.99 Å². The Bertz CT molecular complexity index is 1640. The van der Waals surface area contributed by atoms with E-state index in [1.165, 1.54) is 14.0 Å². The first-order chi connectivity index (χ1) is 28.9. The maximum absolute atomic E-state index is 14.3. The molecular formula is C45H78N4O13. The third kappa shape index (κ3) is 11.4. The molecular weight excluding hydrogens is 805 g/mol. The molecule has 0 aromatic carbocycles. The van der Waals surface area contributed by atoms with Crippen molar-refractivity contribution in [3.8, 4) is 0 Å². The van der Waals surface area contributed by atoms with Gasteiger partial charge in [-0.2, -0.15) is 0 Å². The summed E-state index contributed by atoms with van der Waals surface area (Å²) in [6.07, 6.45) is -7.13. The van der Waals surface area contributed by atoms with Gasteiger partial charge in [0.1, 0.15) is 47.9 Å². The number of aliphatic imine (C=N–C) groups is 1. The molecule has 17 nitrogen and oxygen atoms in total. The van der Waals surface area contributed by atoms with Crippen molar-refractivity contribution >= 4 is 11.9 Å². The lowest BCUT2D eigenvalue weighted by atomic mass is 9.83. The molecule has 356 valence electrons. The minimum Gasteiger partial charge on any atom is -0.471 e. The topological polar surface area (TPSA) is 215 Å². The molecule has 0 saturated carbocycles. The Labute approximate surface area is 368 Å². The largest absolute Gasteiger partial charge is 0.471 e. The molecule has 4 aliphatic rings. The lowest BCUT2D eigenvalue weighted by Gasteiger charge is -2.46. The number of hydrogen-bond acceptors (Lipinski definition) is 16. The molecule has 0 bridgehead atoms. The van der Waals surface area contributed by atoms with Crippen LogP contribution in [0.4, 0.5) is 0 Å². The molecule has 0 amide bonds. The Hall–Kier alpha value is -2.26. The Morgan fingerprint density at radius 3 is 2.26 bits per heavy atom. The van der Waals surface area contributed by atoms with Gasteiger partial charge in [-0.05, 0) is 99.8 Å². The van der Waals surface area contributed by atoms with Gasteiger partial charge in [0.05, 0.1) is 41.5 Å². The third-order valence-electron chi connectivity index (χ3n) is 14.1. The molecule has 5 rings (SSSR count). The number of hydrogen-bond donors (Lipinski definition) is 6. The highest BCUT2D eigenvalue weighted by atomic mass is 16.7. The first kappa shape index (κ1) is 50.7. The first-order valence-corrected chi connectivity index (χ1v) is 22.6. The fourth-order valence-electron chi connectivity index (χ4n) is 9.69. The summed E-state index contributed by atoms with van der Waals surface area (Å²) in [6, 6.07) is 2.66. The minimum atomic E-state index is -1.82. The van der Waals surface area contributed by atoms with Gasteiger partial charge in [0.2, 0.25) is 5.90 Å². The van der Waals surface area contributed by atoms with E-state index in [4.69, 9.17) is 38.2 Å². The van der Waals surface area contributed by atoms with Gasteiger partial charge in [0.25, 0.3) is 0 Å². The van der Waals surface area contributed by atoms with E-state index in [0.29, 0.717) is 25.4 Å². The number of aliphatic hydroxyl groups is 5. The standard InChI is InChI=1S/C45H78N4O13/c1-14-34-45(10,55)38(51)27(5)49(12)23-24(2)20-43(8,54)35(19-33(26(4)41(53)61-34)60-36-21-44(9,56-13)39(52)29(7)58-36)62-42-37(50)30(18-25(3)57-42)46-22-31-28(6)59-40(47-31)32-16-15-17-48(32)11/h15-17,24-31,33-39,42,46,50-52,54-55H,14,18-23H2,1-13H3/t24-,25?,26?,27-,28-,29?,30?,31+,33?,34?,35-,36?,37-,38-,39?,42?,43+,44-,45+/m1/s1. The molecule has 0 spiro atoms. The van der Waals surface area contributed by atoms with E-state index in [0.717, 1.165) is 5.69 Å². The summed E-state index contributed by atoms with van der Waals surface area (Å²) in [6.45, 7) is 18.5. The van der Waals surface area contributed by atoms with E-state index in [9.17, 15) is 30.3 Å². The number of rotatable bonds is 10. The number of nitrogens with zero attached hydrogens (tertiary/aromatic N) is 3. The SMILES string of the molecule is CCC1OC(=O)C(C)C(OC2C[C@@](C)(OC)C(O)C(C)O2)C[C@@H](OC2OC(C)CC(NC[C@@H]3N=C(c4cccn4C)O[C@@H]3C)[C@H]2O)[C@@](C)(O)C[C@@H](C)CN(C)[C@H](C)[C@@H](O)[C@@]1(C)O. The van der Waals surface area contributed by atoms with Crippen LogP contribution in [0.5, 0.6) is 0 Å². The summed E-state index contributed by atoms with van der Waals surface area (Å²) in [5.74, 6) is -1.33. The molecule has 5 heterocycles. The summed E-state index contributed by atoms with van der Waals surface area (Å²) in [4.78, 5) is 21.0. The summed E-state index contributed by atoms with van der Waals surface area (Å²) in [7, 11) is 5.28. The van der Waals surface area contributed by atoms with Crippen LogP contribution >= 0.6 is 0 Å². The number of esters is 1. The second kappa shape index (κ2) is 20.5. The van der Waals surface area contributed by atoms with E-state index in [2.05, 4.69) is 5.32 Å². The maximum atomic E-state index is 14.3. The van der Waals surface area contributed by atoms with Crippen molar-refractivity contribution < 1.29 is 63.5 Å². The summed E-state index contributed by atoms with van der Waals surface area (Å²) >= 11 is 0. The summed E-state index contributed by atoms with van der Waals surface area (Å²) < 4.78 is 45.8. The summed E-state index contributed by atoms with van der Waals surface area (Å²) in [5, 5.41) is 62.4. The van der Waals surface area contributed by atoms with Crippen LogP contribution in [0.15, 0.2) is 23.3 Å². The van der Waals surface area contributed by atoms with Crippen LogP contribution in [-0.2, 0) is 45.0 Å². The molecule has 9 unspecified atom stereocenters. The van der Waals surface area contributed by atoms with Crippen molar-refractivity contribution in [1.29, 1.82) is 0 Å². The van der Waals surface area contributed by atoms with Gasteiger partial charge in [0.15, 0.2) is 12.6 Å². The summed E-state index contributed by atoms with van der Waals surface area (Å²) in [5.41, 5.74) is -3.57. The Morgan fingerprint density at radius 1 is 0.935 bits per heavy atom. The molecule has 3 saturated heterocycles. The fraction of sp³-hybridized carbons (Fsp3) is 0.867. The van der Waals surface area contributed by atoms with Gasteiger partial charge in [0, 0.05) is 58.4 Å². The number of aromatic nitrogens is 1. The van der Waals surface area contributed by atoms with Gasteiger partial charge < -0.3 is 73.5 Å². The highest BCUT2D eigenvalue weighted by Crippen LogP contribution is 2.38. The number of cyclic esters (lactones) is 1. The van der Waals surface area contributed by atoms with Gasteiger partial charge in [-0.1, -0.05) is 13.8 Å². The number of methoxy groups -OCH3 is 1. The van der Waals surface area contributed by atoms with Crippen molar-refractivity contribution in [2.75, 3.05) is 27.2 Å². The predicted molar refractivity (Wildman–Crippen MR) is 230 cm³/mol. The number of nitrogens with one attached hydrogen (secondary N) is 1. The molecule has 62 heavy (non-hydrogen) atoms. The van der Waals surface area contributed by atoms with E-state index in [1.807, 2.05) is 62.7 Å². The Balaban J connectivity index is 1.46. The number of aryl methyl sites for hydroxylation is 1. The maximum Gasteiger partial charge on any atom is 0.311 e. The van der Waals surface area contributed by atoms with E-state index < -0.39 is 96.1 Å². The number of aliphatic hydroxyl groups excluding tert-OH is 3. The molecule has 1 aromatic heterocycles. The molecule has 4 aliphatic heterocycles. The smallest absolute Gasteiger partial charge is 0.311 e. The van der Waals surface area contributed by atoms with Gasteiger partial charge >= 0.3 is 5.97 Å². The minimum absolute atomic E-state index is 0.0782. The van der Waals surface area contributed by atoms with Crippen LogP contribution in [0, 0.1) is 11.8 Å². The highest BCUT2D eigenvalue weighted by molar-refractivity contribution is 5.94. The zero-order chi connectivity index (χ0) is 46.1. The van der Waals surface area contributed by atoms with Crippen LogP contribution in [0.3, 0.4) is 0 Å². The molecule has 0 aliphatic carbocycles. The lowest BCUT2D eigenvalue weighted by molar-refractivity contribution is -0.306. The van der Waals surface area contributed by atoms with Crippen molar-refractivity contribution in [2.24, 2.45) is 23.9 Å². The number of likely N-dealkylation sites (N-methyl/N-ethyl adjacent to an activating group) is 1. The van der Waals surface area contributed by atoms with Crippen molar-refractivity contribution in [3.63, 3.8) is 0 Å². The molecule has 19 atom stereocenters. The Morgan fingerprint density at radius 2 is 1.63 bits per heavy atom. The van der Waals surface area contributed by atoms with E-state index in [-0.39, 0.29) is 49.9 Å². The number of ether oxygens (including phenoxy) is 7. The quantitative estimate of drug-likeness (QED) is 0.186. The zero-order valence-corrected chi connectivity index (χ0v) is 39.3. The predicted octanol–water partition coefficient (Wildman–Crippen LogP) is 2.26. The molecule has 17 heteroatoms. The normalized spacial score (nSPS) is 45.7. The van der Waals surface area contributed by atoms with Gasteiger partial charge in [-0.15, -0.1) is 0 Å². The van der Waals surface area contributed by atoms with Crippen molar-refractivity contribution in [2.45, 2.75) is 204 Å². The van der Waals surface area contributed by atoms with Crippen LogP contribution in [0.2, 0.25) is 0 Å². The van der Waals surface area contributed by atoms with Crippen molar-refractivity contribution in [1.82, 2.24) is 14.8 Å². The second-order valence-corrected chi connectivity index (χ2v) is 19.5. The van der Waals surface area contributed by atoms with E-state index in [1.54, 1.807) is 41.5 Å². The van der Waals surface area contributed by atoms with E-state index >= 15 is 0 Å². The average molecular weight is 883 g/mol. The lowest BCUT2D eigenvalue weighted by Crippen LogP contribution is -2.59. The number of carbonyl (C=O) groups is 1. The monoisotopic (exact) mass is 883 g/mol. The van der Waals surface area contributed by atoms with Crippen LogP contribution in [0.1, 0.15) is 107 Å². The third-order valence-corrected chi connectivity index (χ3v) is 14.1. The van der Waals surface area contributed by atoms with Crippen LogP contribution in [0.25, 0.3) is 0 Å². The molecule has 0 radical (unpaired) electrons.